The minimum Gasteiger partial charge on any atom is -0.440 e. The molecular weight excluding hydrogens is 542 g/mol. The zero-order valence-electron chi connectivity index (χ0n) is 20.6. The summed E-state index contributed by atoms with van der Waals surface area (Å²) in [6.07, 6.45) is -6.10. The van der Waals surface area contributed by atoms with Crippen LogP contribution in [0.2, 0.25) is 0 Å². The monoisotopic (exact) mass is 562 g/mol. The number of rotatable bonds is 3. The Kier molecular flexibility index (Phi) is 5.89. The van der Waals surface area contributed by atoms with E-state index < -0.39 is 35.3 Å². The third kappa shape index (κ3) is 4.77. The Morgan fingerprint density at radius 1 is 0.900 bits per heavy atom. The highest BCUT2D eigenvalue weighted by Crippen LogP contribution is 2.38. The molecule has 5 heterocycles. The van der Waals surface area contributed by atoms with Crippen molar-refractivity contribution in [3.8, 4) is 11.4 Å². The molecule has 3 aromatic heterocycles. The molecule has 0 aliphatic carbocycles. The zero-order valence-corrected chi connectivity index (χ0v) is 20.6. The van der Waals surface area contributed by atoms with Crippen LogP contribution in [0.5, 0.6) is 0 Å². The van der Waals surface area contributed by atoms with Gasteiger partial charge in [-0.05, 0) is 42.5 Å². The van der Waals surface area contributed by atoms with E-state index in [4.69, 9.17) is 4.74 Å². The number of amides is 1. The summed E-state index contributed by atoms with van der Waals surface area (Å²) >= 11 is 0. The molecule has 208 valence electrons. The molecule has 0 bridgehead atoms. The van der Waals surface area contributed by atoms with Gasteiger partial charge >= 0.3 is 18.4 Å². The molecular formula is C26H20F6N6O2. The number of alkyl halides is 6. The lowest BCUT2D eigenvalue weighted by atomic mass is 9.91. The lowest BCUT2D eigenvalue weighted by molar-refractivity contribution is -0.141. The lowest BCUT2D eigenvalue weighted by Crippen LogP contribution is -2.47. The Balaban J connectivity index is 1.11. The minimum absolute atomic E-state index is 0.196. The minimum atomic E-state index is -4.57. The van der Waals surface area contributed by atoms with Crippen molar-refractivity contribution in [3.05, 3.63) is 66.1 Å². The first-order valence-electron chi connectivity index (χ1n) is 12.2. The van der Waals surface area contributed by atoms with Gasteiger partial charge in [-0.25, -0.2) is 19.7 Å². The molecule has 1 spiro atoms. The maximum atomic E-state index is 13.0. The highest BCUT2D eigenvalue weighted by Gasteiger charge is 2.48. The third-order valence-corrected chi connectivity index (χ3v) is 7.15. The average molecular weight is 562 g/mol. The van der Waals surface area contributed by atoms with Crippen molar-refractivity contribution in [1.82, 2.24) is 19.9 Å². The summed E-state index contributed by atoms with van der Waals surface area (Å²) in [6.45, 7) is 1.23. The number of anilines is 2. The number of hydrogen-bond donors (Lipinski definition) is 1. The molecule has 1 amide bonds. The Bertz CT molecular complexity index is 1560. The molecule has 6 rings (SSSR count). The Morgan fingerprint density at radius 2 is 1.68 bits per heavy atom. The Hall–Kier alpha value is -4.36. The van der Waals surface area contributed by atoms with E-state index in [1.807, 2.05) is 4.90 Å². The fraction of sp³-hybridized carbons (Fsp3) is 0.308. The number of nitrogens with zero attached hydrogens (tertiary/aromatic N) is 5. The van der Waals surface area contributed by atoms with Crippen LogP contribution >= 0.6 is 0 Å². The molecule has 0 saturated carbocycles. The van der Waals surface area contributed by atoms with Gasteiger partial charge in [-0.1, -0.05) is 0 Å². The predicted molar refractivity (Wildman–Crippen MR) is 132 cm³/mol. The van der Waals surface area contributed by atoms with Crippen LogP contribution in [0, 0.1) is 0 Å². The normalized spacial score (nSPS) is 17.6. The molecule has 4 aromatic rings. The predicted octanol–water partition coefficient (Wildman–Crippen LogP) is 6.05. The molecule has 1 N–H and O–H groups in total. The number of fused-ring (bicyclic) bond motifs is 1. The van der Waals surface area contributed by atoms with Gasteiger partial charge in [0.2, 0.25) is 0 Å². The zero-order chi connectivity index (χ0) is 28.3. The molecule has 2 aliphatic rings. The molecule has 2 aliphatic heterocycles. The molecule has 40 heavy (non-hydrogen) atoms. The van der Waals surface area contributed by atoms with E-state index >= 15 is 0 Å². The van der Waals surface area contributed by atoms with Crippen molar-refractivity contribution >= 4 is 28.6 Å². The standard InChI is InChI=1S/C26H20F6N6O2/c27-25(28,29)16-2-4-18-19(11-16)36-22(35-18)15-1-6-21(34-12-15)37-9-7-24(8-10-37)14-38(23(39)40-24)17-3-5-20(33-13-17)26(30,31)32/h1-6,11-13H,7-10,14H2,(H,35,36). The summed E-state index contributed by atoms with van der Waals surface area (Å²) in [5.41, 5.74) is -1.08. The van der Waals surface area contributed by atoms with Crippen LogP contribution in [-0.4, -0.2) is 51.3 Å². The molecule has 2 saturated heterocycles. The van der Waals surface area contributed by atoms with Crippen molar-refractivity contribution in [3.63, 3.8) is 0 Å². The number of aromatic amines is 1. The number of nitrogens with one attached hydrogen (secondary N) is 1. The number of carbonyl (C=O) groups is 1. The Labute approximate surface area is 222 Å². The van der Waals surface area contributed by atoms with Crippen molar-refractivity contribution in [2.24, 2.45) is 0 Å². The summed E-state index contributed by atoms with van der Waals surface area (Å²) in [5, 5.41) is 0. The van der Waals surface area contributed by atoms with Gasteiger partial charge in [0.1, 0.15) is 22.9 Å². The maximum Gasteiger partial charge on any atom is 0.433 e. The number of hydrogen-bond acceptors (Lipinski definition) is 6. The second-order valence-corrected chi connectivity index (χ2v) is 9.74. The first kappa shape index (κ1) is 25.9. The topological polar surface area (TPSA) is 87.2 Å². The van der Waals surface area contributed by atoms with Crippen LogP contribution in [0.25, 0.3) is 22.4 Å². The van der Waals surface area contributed by atoms with Crippen LogP contribution in [0.1, 0.15) is 24.1 Å². The summed E-state index contributed by atoms with van der Waals surface area (Å²) in [7, 11) is 0. The molecule has 1 aromatic carbocycles. The number of carbonyl (C=O) groups excluding carboxylic acids is 1. The number of piperidine rings is 1. The molecule has 0 atom stereocenters. The SMILES string of the molecule is O=C1OC2(CCN(c3ccc(-c4nc5ccc(C(F)(F)F)cc5[nH]4)cn3)CC2)CN1c1ccc(C(F)(F)F)nc1. The molecule has 2 fully saturated rings. The van der Waals surface area contributed by atoms with E-state index in [2.05, 4.69) is 19.9 Å². The highest BCUT2D eigenvalue weighted by atomic mass is 19.4. The van der Waals surface area contributed by atoms with Gasteiger partial charge in [-0.2, -0.15) is 26.3 Å². The fourth-order valence-electron chi connectivity index (χ4n) is 4.97. The van der Waals surface area contributed by atoms with Crippen LogP contribution in [0.3, 0.4) is 0 Å². The van der Waals surface area contributed by atoms with Crippen LogP contribution < -0.4 is 9.80 Å². The van der Waals surface area contributed by atoms with E-state index in [0.717, 1.165) is 24.4 Å². The van der Waals surface area contributed by atoms with Gasteiger partial charge in [-0.3, -0.25) is 4.90 Å². The van der Waals surface area contributed by atoms with E-state index in [9.17, 15) is 31.1 Å². The summed E-state index contributed by atoms with van der Waals surface area (Å²) in [5.74, 6) is 1.06. The lowest BCUT2D eigenvalue weighted by Gasteiger charge is -2.38. The van der Waals surface area contributed by atoms with Gasteiger partial charge in [0, 0.05) is 37.7 Å². The van der Waals surface area contributed by atoms with E-state index in [0.29, 0.717) is 48.7 Å². The highest BCUT2D eigenvalue weighted by molar-refractivity contribution is 5.90. The maximum absolute atomic E-state index is 13.0. The van der Waals surface area contributed by atoms with E-state index in [-0.39, 0.29) is 17.7 Å². The smallest absolute Gasteiger partial charge is 0.433 e. The number of pyridine rings is 2. The van der Waals surface area contributed by atoms with E-state index in [1.165, 1.54) is 17.0 Å². The number of aromatic nitrogens is 4. The first-order valence-corrected chi connectivity index (χ1v) is 12.2. The number of imidazole rings is 1. The number of benzene rings is 1. The van der Waals surface area contributed by atoms with Crippen molar-refractivity contribution in [1.29, 1.82) is 0 Å². The van der Waals surface area contributed by atoms with Gasteiger partial charge in [0.05, 0.1) is 35.0 Å². The van der Waals surface area contributed by atoms with Crippen LogP contribution in [-0.2, 0) is 17.1 Å². The second-order valence-electron chi connectivity index (χ2n) is 9.74. The van der Waals surface area contributed by atoms with Crippen molar-refractivity contribution in [2.45, 2.75) is 30.8 Å². The third-order valence-electron chi connectivity index (χ3n) is 7.15. The number of halogens is 6. The quantitative estimate of drug-likeness (QED) is 0.306. The van der Waals surface area contributed by atoms with Gasteiger partial charge in [0.15, 0.2) is 0 Å². The van der Waals surface area contributed by atoms with E-state index in [1.54, 1.807) is 18.3 Å². The largest absolute Gasteiger partial charge is 0.440 e. The van der Waals surface area contributed by atoms with Gasteiger partial charge < -0.3 is 14.6 Å². The van der Waals surface area contributed by atoms with Gasteiger partial charge in [0.25, 0.3) is 0 Å². The summed E-state index contributed by atoms with van der Waals surface area (Å²) in [4.78, 5) is 31.0. The summed E-state index contributed by atoms with van der Waals surface area (Å²) in [6, 6.07) is 8.90. The second kappa shape index (κ2) is 9.10. The van der Waals surface area contributed by atoms with Crippen molar-refractivity contribution < 1.29 is 35.9 Å². The molecule has 8 nitrogen and oxygen atoms in total. The van der Waals surface area contributed by atoms with Gasteiger partial charge in [-0.15, -0.1) is 0 Å². The number of H-pyrrole nitrogens is 1. The first-order chi connectivity index (χ1) is 18.9. The molecule has 0 radical (unpaired) electrons. The fourth-order valence-corrected chi connectivity index (χ4v) is 4.97. The number of ether oxygens (including phenoxy) is 1. The average Bonchev–Trinajstić information content (AvgIpc) is 3.49. The molecule has 14 heteroatoms. The Morgan fingerprint density at radius 3 is 2.30 bits per heavy atom. The van der Waals surface area contributed by atoms with Crippen molar-refractivity contribution in [2.75, 3.05) is 29.4 Å². The van der Waals surface area contributed by atoms with Crippen LogP contribution in [0.15, 0.2) is 54.9 Å². The summed E-state index contributed by atoms with van der Waals surface area (Å²) < 4.78 is 83.2. The van der Waals surface area contributed by atoms with Crippen LogP contribution in [0.4, 0.5) is 42.6 Å². The molecule has 0 unspecified atom stereocenters.